The lowest BCUT2D eigenvalue weighted by Crippen LogP contribution is -2.38. The van der Waals surface area contributed by atoms with E-state index in [1.54, 1.807) is 0 Å². The zero-order valence-electron chi connectivity index (χ0n) is 10.6. The molecular weight excluding hydrogens is 248 g/mol. The minimum atomic E-state index is -0.721. The van der Waals surface area contributed by atoms with Gasteiger partial charge in [-0.05, 0) is 5.56 Å². The predicted molar refractivity (Wildman–Crippen MR) is 67.6 cm³/mol. The Hall–Kier alpha value is -2.37. The fraction of sp³-hybridized carbons (Fsp3) is 0.308. The van der Waals surface area contributed by atoms with E-state index >= 15 is 0 Å². The molecule has 0 unspecified atom stereocenters. The molecule has 0 saturated carbocycles. The summed E-state index contributed by atoms with van der Waals surface area (Å²) >= 11 is 0. The summed E-state index contributed by atoms with van der Waals surface area (Å²) in [5.41, 5.74) is 3.60. The third kappa shape index (κ3) is 2.42. The van der Waals surface area contributed by atoms with E-state index in [1.165, 1.54) is 14.2 Å². The monoisotopic (exact) mass is 262 g/mol. The maximum Gasteiger partial charge on any atom is 0.354 e. The number of methoxy groups -OCH3 is 2. The normalized spacial score (nSPS) is 21.3. The molecule has 0 radical (unpaired) electrons. The smallest absolute Gasteiger partial charge is 0.354 e. The Bertz CT molecular complexity index is 513. The Labute approximate surface area is 110 Å². The van der Waals surface area contributed by atoms with Crippen LogP contribution in [0.4, 0.5) is 0 Å². The molecule has 1 aliphatic heterocycles. The van der Waals surface area contributed by atoms with Gasteiger partial charge in [-0.3, -0.25) is 5.43 Å². The molecule has 2 atom stereocenters. The van der Waals surface area contributed by atoms with E-state index in [0.717, 1.165) is 5.56 Å². The van der Waals surface area contributed by atoms with Gasteiger partial charge in [0.2, 0.25) is 0 Å². The van der Waals surface area contributed by atoms with Crippen LogP contribution in [0.5, 0.6) is 0 Å². The van der Waals surface area contributed by atoms with Crippen LogP contribution >= 0.6 is 0 Å². The molecule has 1 aromatic rings. The molecule has 0 aromatic heterocycles. The second-order valence-electron chi connectivity index (χ2n) is 4.01. The van der Waals surface area contributed by atoms with E-state index in [2.05, 4.69) is 15.3 Å². The van der Waals surface area contributed by atoms with Crippen LogP contribution in [0.15, 0.2) is 35.4 Å². The first-order valence-electron chi connectivity index (χ1n) is 5.73. The van der Waals surface area contributed by atoms with Crippen molar-refractivity contribution >= 4 is 17.7 Å². The highest BCUT2D eigenvalue weighted by molar-refractivity contribution is 6.39. The lowest BCUT2D eigenvalue weighted by Gasteiger charge is -2.18. The third-order valence-electron chi connectivity index (χ3n) is 2.96. The highest BCUT2D eigenvalue weighted by Gasteiger charge is 2.42. The van der Waals surface area contributed by atoms with Gasteiger partial charge in [0, 0.05) is 0 Å². The first-order chi connectivity index (χ1) is 9.19. The van der Waals surface area contributed by atoms with Crippen LogP contribution in [-0.2, 0) is 19.1 Å². The van der Waals surface area contributed by atoms with Crippen molar-refractivity contribution in [1.82, 2.24) is 5.43 Å². The third-order valence-corrected chi connectivity index (χ3v) is 2.96. The molecule has 19 heavy (non-hydrogen) atoms. The average Bonchev–Trinajstić information content (AvgIpc) is 2.91. The van der Waals surface area contributed by atoms with Crippen molar-refractivity contribution in [2.45, 2.75) is 12.0 Å². The van der Waals surface area contributed by atoms with E-state index in [0.29, 0.717) is 0 Å². The molecule has 0 aliphatic carbocycles. The molecule has 100 valence electrons. The lowest BCUT2D eigenvalue weighted by atomic mass is 9.88. The zero-order valence-corrected chi connectivity index (χ0v) is 10.6. The van der Waals surface area contributed by atoms with Gasteiger partial charge in [-0.2, -0.15) is 5.10 Å². The summed E-state index contributed by atoms with van der Waals surface area (Å²) in [6.07, 6.45) is 0. The van der Waals surface area contributed by atoms with Gasteiger partial charge in [0.25, 0.3) is 0 Å². The molecule has 0 amide bonds. The zero-order chi connectivity index (χ0) is 13.8. The molecule has 1 N–H and O–H groups in total. The second kappa shape index (κ2) is 5.51. The maximum atomic E-state index is 11.7. The molecule has 2 rings (SSSR count). The van der Waals surface area contributed by atoms with Crippen LogP contribution in [0.1, 0.15) is 11.5 Å². The SMILES string of the molecule is COC(=O)C1=NN[C@H](C(=O)OC)[C@H]1c1ccccc1. The van der Waals surface area contributed by atoms with E-state index in [-0.39, 0.29) is 5.71 Å². The van der Waals surface area contributed by atoms with Gasteiger partial charge in [-0.1, -0.05) is 30.3 Å². The van der Waals surface area contributed by atoms with Crippen LogP contribution in [0.2, 0.25) is 0 Å². The topological polar surface area (TPSA) is 77.0 Å². The first kappa shape index (κ1) is 13.1. The predicted octanol–water partition coefficient (Wildman–Crippen LogP) is 0.444. The number of hydrogen-bond acceptors (Lipinski definition) is 6. The Kier molecular flexibility index (Phi) is 3.79. The standard InChI is InChI=1S/C13H14N2O4/c1-18-12(16)10-9(8-6-4-3-5-7-8)11(15-14-10)13(17)19-2/h3-7,9-10,14H,1-2H3/t9-,10+/m1/s1. The first-order valence-corrected chi connectivity index (χ1v) is 5.73. The number of nitrogens with one attached hydrogen (secondary N) is 1. The number of hydrazone groups is 1. The summed E-state index contributed by atoms with van der Waals surface area (Å²) in [7, 11) is 2.57. The Morgan fingerprint density at radius 2 is 1.84 bits per heavy atom. The Balaban J connectivity index is 2.37. The van der Waals surface area contributed by atoms with Crippen LogP contribution < -0.4 is 5.43 Å². The van der Waals surface area contributed by atoms with Crippen LogP contribution in [0.25, 0.3) is 0 Å². The van der Waals surface area contributed by atoms with Crippen molar-refractivity contribution < 1.29 is 19.1 Å². The highest BCUT2D eigenvalue weighted by atomic mass is 16.5. The van der Waals surface area contributed by atoms with Crippen molar-refractivity contribution in [3.8, 4) is 0 Å². The lowest BCUT2D eigenvalue weighted by molar-refractivity contribution is -0.143. The summed E-state index contributed by atoms with van der Waals surface area (Å²) in [6.45, 7) is 0. The molecule has 0 fully saturated rings. The van der Waals surface area contributed by atoms with Gasteiger partial charge < -0.3 is 9.47 Å². The number of esters is 2. The quantitative estimate of drug-likeness (QED) is 0.800. The van der Waals surface area contributed by atoms with Crippen molar-refractivity contribution in [3.05, 3.63) is 35.9 Å². The summed E-state index contributed by atoms with van der Waals surface area (Å²) in [6, 6.07) is 8.45. The van der Waals surface area contributed by atoms with E-state index in [1.807, 2.05) is 30.3 Å². The van der Waals surface area contributed by atoms with E-state index in [4.69, 9.17) is 4.74 Å². The van der Waals surface area contributed by atoms with Gasteiger partial charge in [0.15, 0.2) is 11.8 Å². The largest absolute Gasteiger partial charge is 0.467 e. The molecule has 0 bridgehead atoms. The summed E-state index contributed by atoms with van der Waals surface area (Å²) < 4.78 is 9.41. The van der Waals surface area contributed by atoms with Crippen molar-refractivity contribution in [2.24, 2.45) is 5.10 Å². The highest BCUT2D eigenvalue weighted by Crippen LogP contribution is 2.27. The fourth-order valence-corrected chi connectivity index (χ4v) is 2.04. The van der Waals surface area contributed by atoms with Crippen LogP contribution in [0, 0.1) is 0 Å². The molecule has 6 heteroatoms. The minimum absolute atomic E-state index is 0.170. The van der Waals surface area contributed by atoms with Crippen molar-refractivity contribution in [3.63, 3.8) is 0 Å². The van der Waals surface area contributed by atoms with Crippen LogP contribution in [0.3, 0.4) is 0 Å². The summed E-state index contributed by atoms with van der Waals surface area (Å²) in [5.74, 6) is -1.55. The maximum absolute atomic E-state index is 11.7. The Morgan fingerprint density at radius 1 is 1.16 bits per heavy atom. The average molecular weight is 262 g/mol. The molecule has 1 aromatic carbocycles. The summed E-state index contributed by atoms with van der Waals surface area (Å²) in [4.78, 5) is 23.5. The van der Waals surface area contributed by atoms with Crippen molar-refractivity contribution in [2.75, 3.05) is 14.2 Å². The van der Waals surface area contributed by atoms with Crippen LogP contribution in [-0.4, -0.2) is 37.9 Å². The van der Waals surface area contributed by atoms with E-state index < -0.39 is 23.9 Å². The number of nitrogens with zero attached hydrogens (tertiary/aromatic N) is 1. The molecule has 1 aliphatic rings. The summed E-state index contributed by atoms with van der Waals surface area (Å²) in [5, 5.41) is 3.91. The number of ether oxygens (including phenoxy) is 2. The van der Waals surface area contributed by atoms with Gasteiger partial charge in [0.1, 0.15) is 0 Å². The molecule has 6 nitrogen and oxygen atoms in total. The van der Waals surface area contributed by atoms with Gasteiger partial charge >= 0.3 is 11.9 Å². The number of carbonyl (C=O) groups is 2. The molecule has 0 saturated heterocycles. The van der Waals surface area contributed by atoms with Gasteiger partial charge in [0.05, 0.1) is 20.1 Å². The van der Waals surface area contributed by atoms with Gasteiger partial charge in [-0.25, -0.2) is 9.59 Å². The fourth-order valence-electron chi connectivity index (χ4n) is 2.04. The second-order valence-corrected chi connectivity index (χ2v) is 4.01. The van der Waals surface area contributed by atoms with E-state index in [9.17, 15) is 9.59 Å². The Morgan fingerprint density at radius 3 is 2.42 bits per heavy atom. The number of hydrogen-bond donors (Lipinski definition) is 1. The minimum Gasteiger partial charge on any atom is -0.467 e. The van der Waals surface area contributed by atoms with Gasteiger partial charge in [-0.15, -0.1) is 0 Å². The molecular formula is C13H14N2O4. The number of carbonyl (C=O) groups excluding carboxylic acids is 2. The van der Waals surface area contributed by atoms with Crippen molar-refractivity contribution in [1.29, 1.82) is 0 Å². The molecule has 0 spiro atoms. The molecule has 1 heterocycles. The number of benzene rings is 1. The number of rotatable bonds is 3.